The Morgan fingerprint density at radius 1 is 1.00 bits per heavy atom. The van der Waals surface area contributed by atoms with Crippen LogP contribution < -0.4 is 16.1 Å². The van der Waals surface area contributed by atoms with Crippen molar-refractivity contribution in [3.63, 3.8) is 0 Å². The van der Waals surface area contributed by atoms with E-state index in [9.17, 15) is 14.4 Å². The van der Waals surface area contributed by atoms with Gasteiger partial charge < -0.3 is 15.5 Å². The molecular formula is C23H28N4O4. The predicted octanol–water partition coefficient (Wildman–Crippen LogP) is 1.69. The number of rotatable bonds is 8. The van der Waals surface area contributed by atoms with Gasteiger partial charge in [-0.1, -0.05) is 36.4 Å². The van der Waals surface area contributed by atoms with Crippen molar-refractivity contribution in [1.29, 1.82) is 0 Å². The molecule has 1 aliphatic rings. The van der Waals surface area contributed by atoms with E-state index in [0.717, 1.165) is 22.6 Å². The van der Waals surface area contributed by atoms with Gasteiger partial charge >= 0.3 is 0 Å². The summed E-state index contributed by atoms with van der Waals surface area (Å²) in [4.78, 5) is 38.4. The van der Waals surface area contributed by atoms with Gasteiger partial charge in [0.1, 0.15) is 0 Å². The molecule has 0 unspecified atom stereocenters. The Balaban J connectivity index is 1.74. The first-order valence-electron chi connectivity index (χ1n) is 10.2. The molecule has 0 aliphatic heterocycles. The number of carbonyl (C=O) groups is 3. The number of hydroxylamine groups is 1. The molecule has 0 bridgehead atoms. The Morgan fingerprint density at radius 2 is 1.55 bits per heavy atom. The average molecular weight is 425 g/mol. The van der Waals surface area contributed by atoms with Gasteiger partial charge in [0.05, 0.1) is 0 Å². The number of hydrogen-bond acceptors (Lipinski definition) is 5. The highest BCUT2D eigenvalue weighted by Gasteiger charge is 2.47. The van der Waals surface area contributed by atoms with Crippen LogP contribution in [0.5, 0.6) is 0 Å². The Bertz CT molecular complexity index is 937. The Labute approximate surface area is 181 Å². The molecule has 8 nitrogen and oxygen atoms in total. The van der Waals surface area contributed by atoms with E-state index in [1.165, 1.54) is 44.9 Å². The molecule has 1 fully saturated rings. The first-order chi connectivity index (χ1) is 14.8. The van der Waals surface area contributed by atoms with Crippen LogP contribution >= 0.6 is 0 Å². The number of hydrogen-bond donors (Lipinski definition) is 4. The largest absolute Gasteiger partial charge is 0.357 e. The van der Waals surface area contributed by atoms with Crippen LogP contribution in [-0.2, 0) is 16.1 Å². The Kier molecular flexibility index (Phi) is 6.72. The summed E-state index contributed by atoms with van der Waals surface area (Å²) in [7, 11) is 2.70. The van der Waals surface area contributed by atoms with Gasteiger partial charge in [0.15, 0.2) is 5.54 Å². The zero-order chi connectivity index (χ0) is 22.6. The second-order valence-electron chi connectivity index (χ2n) is 7.89. The number of carbonyl (C=O) groups excluding carboxylic acids is 3. The lowest BCUT2D eigenvalue weighted by molar-refractivity contribution is -0.148. The van der Waals surface area contributed by atoms with Gasteiger partial charge in [0.25, 0.3) is 17.7 Å². The maximum atomic E-state index is 12.9. The molecule has 0 saturated heterocycles. The maximum absolute atomic E-state index is 12.9. The zero-order valence-corrected chi connectivity index (χ0v) is 17.9. The van der Waals surface area contributed by atoms with E-state index in [0.29, 0.717) is 11.6 Å². The van der Waals surface area contributed by atoms with Gasteiger partial charge in [-0.2, -0.15) is 0 Å². The van der Waals surface area contributed by atoms with E-state index in [-0.39, 0.29) is 0 Å². The molecule has 0 heterocycles. The number of amides is 3. The van der Waals surface area contributed by atoms with Crippen LogP contribution in [0.15, 0.2) is 48.5 Å². The normalized spacial score (nSPS) is 15.0. The van der Waals surface area contributed by atoms with Crippen LogP contribution in [0.1, 0.15) is 35.7 Å². The predicted molar refractivity (Wildman–Crippen MR) is 116 cm³/mol. The highest BCUT2D eigenvalue weighted by molar-refractivity contribution is 6.12. The van der Waals surface area contributed by atoms with Crippen molar-refractivity contribution < 1.29 is 19.6 Å². The fourth-order valence-electron chi connectivity index (χ4n) is 3.33. The van der Waals surface area contributed by atoms with Crippen LogP contribution in [-0.4, -0.2) is 53.5 Å². The van der Waals surface area contributed by atoms with Gasteiger partial charge in [-0.25, -0.2) is 5.48 Å². The molecule has 8 heteroatoms. The monoisotopic (exact) mass is 424 g/mol. The van der Waals surface area contributed by atoms with Crippen molar-refractivity contribution in [2.24, 2.45) is 0 Å². The van der Waals surface area contributed by atoms with Crippen molar-refractivity contribution in [2.75, 3.05) is 14.1 Å². The van der Waals surface area contributed by atoms with E-state index >= 15 is 0 Å². The molecule has 3 rings (SSSR count). The van der Waals surface area contributed by atoms with Gasteiger partial charge in [-0.15, -0.1) is 0 Å². The fraction of sp³-hybridized carbons (Fsp3) is 0.348. The molecule has 164 valence electrons. The van der Waals surface area contributed by atoms with Crippen molar-refractivity contribution in [2.45, 2.75) is 37.9 Å². The van der Waals surface area contributed by atoms with E-state index in [2.05, 4.69) is 22.8 Å². The third-order valence-electron chi connectivity index (χ3n) is 5.78. The van der Waals surface area contributed by atoms with Crippen molar-refractivity contribution >= 4 is 17.7 Å². The second-order valence-corrected chi connectivity index (χ2v) is 7.89. The van der Waals surface area contributed by atoms with Gasteiger partial charge in [-0.05, 0) is 48.6 Å². The van der Waals surface area contributed by atoms with Crippen LogP contribution in [0.3, 0.4) is 0 Å². The lowest BCUT2D eigenvalue weighted by Crippen LogP contribution is -2.64. The molecule has 1 aliphatic carbocycles. The summed E-state index contributed by atoms with van der Waals surface area (Å²) < 4.78 is 0. The van der Waals surface area contributed by atoms with Crippen LogP contribution in [0.4, 0.5) is 0 Å². The average Bonchev–Trinajstić information content (AvgIpc) is 3.65. The summed E-state index contributed by atoms with van der Waals surface area (Å²) >= 11 is 0. The summed E-state index contributed by atoms with van der Waals surface area (Å²) in [6.07, 6.45) is 2.51. The molecule has 0 spiro atoms. The molecule has 1 atom stereocenters. The molecule has 1 saturated carbocycles. The minimum absolute atomic E-state index is 0.317. The molecule has 31 heavy (non-hydrogen) atoms. The molecule has 2 aromatic rings. The maximum Gasteiger partial charge on any atom is 0.278 e. The molecule has 2 aromatic carbocycles. The summed E-state index contributed by atoms with van der Waals surface area (Å²) in [5, 5.41) is 14.9. The topological polar surface area (TPSA) is 111 Å². The third kappa shape index (κ3) is 4.76. The highest BCUT2D eigenvalue weighted by Crippen LogP contribution is 2.24. The highest BCUT2D eigenvalue weighted by atomic mass is 16.5. The Hall–Kier alpha value is -3.23. The number of nitrogens with zero attached hydrogens (tertiary/aromatic N) is 1. The molecule has 3 amide bonds. The van der Waals surface area contributed by atoms with Gasteiger partial charge in [0, 0.05) is 32.2 Å². The van der Waals surface area contributed by atoms with E-state index < -0.39 is 23.3 Å². The second kappa shape index (κ2) is 9.28. The first-order valence-corrected chi connectivity index (χ1v) is 10.2. The number of likely N-dealkylation sites (N-methyl/N-ethyl adjacent to an activating group) is 2. The Morgan fingerprint density at radius 3 is 2.03 bits per heavy atom. The summed E-state index contributed by atoms with van der Waals surface area (Å²) in [6, 6.07) is 15.9. The minimum atomic E-state index is -1.91. The summed E-state index contributed by atoms with van der Waals surface area (Å²) in [5.41, 5.74) is 3.06. The standard InChI is InChI=1S/C23H28N4O4/c1-23(21(29)24-2,22(30)26-31)27(3)20(28)18-10-8-17(9-11-18)16-6-4-15(5-7-16)14-25-19-12-13-19/h4-11,19,25,31H,12-14H2,1-3H3,(H,24,29)(H,26,30)/t23-/m0/s1. The first kappa shape index (κ1) is 22.5. The van der Waals surface area contributed by atoms with Crippen LogP contribution in [0.25, 0.3) is 11.1 Å². The smallest absolute Gasteiger partial charge is 0.278 e. The van der Waals surface area contributed by atoms with Crippen LogP contribution in [0, 0.1) is 0 Å². The molecular weight excluding hydrogens is 396 g/mol. The van der Waals surface area contributed by atoms with E-state index in [1.54, 1.807) is 12.1 Å². The SMILES string of the molecule is CNC(=O)[C@@](C)(C(=O)NO)N(C)C(=O)c1ccc(-c2ccc(CNC3CC3)cc2)cc1. The number of benzene rings is 2. The molecule has 0 radical (unpaired) electrons. The van der Waals surface area contributed by atoms with Gasteiger partial charge in [-0.3, -0.25) is 19.6 Å². The fourth-order valence-corrected chi connectivity index (χ4v) is 3.33. The third-order valence-corrected chi connectivity index (χ3v) is 5.78. The number of nitrogens with one attached hydrogen (secondary N) is 3. The minimum Gasteiger partial charge on any atom is -0.357 e. The quantitative estimate of drug-likeness (QED) is 0.293. The zero-order valence-electron chi connectivity index (χ0n) is 17.9. The lowest BCUT2D eigenvalue weighted by Gasteiger charge is -2.34. The summed E-state index contributed by atoms with van der Waals surface area (Å²) in [6.45, 7) is 2.12. The van der Waals surface area contributed by atoms with Crippen molar-refractivity contribution in [3.05, 3.63) is 59.7 Å². The van der Waals surface area contributed by atoms with E-state index in [1.807, 2.05) is 24.3 Å². The summed E-state index contributed by atoms with van der Waals surface area (Å²) in [5.74, 6) is -2.25. The van der Waals surface area contributed by atoms with Crippen molar-refractivity contribution in [1.82, 2.24) is 21.0 Å². The molecule has 4 N–H and O–H groups in total. The lowest BCUT2D eigenvalue weighted by atomic mass is 9.96. The van der Waals surface area contributed by atoms with Gasteiger partial charge in [0.2, 0.25) is 0 Å². The molecule has 0 aromatic heterocycles. The van der Waals surface area contributed by atoms with Crippen LogP contribution in [0.2, 0.25) is 0 Å². The van der Waals surface area contributed by atoms with E-state index in [4.69, 9.17) is 5.21 Å². The van der Waals surface area contributed by atoms with Crippen molar-refractivity contribution in [3.8, 4) is 11.1 Å².